The average molecular weight is 324 g/mol. The molecule has 0 spiro atoms. The number of anilines is 1. The fraction of sp³-hybridized carbons (Fsp3) is 0.278. The summed E-state index contributed by atoms with van der Waals surface area (Å²) in [5.41, 5.74) is 1.93. The van der Waals surface area contributed by atoms with Gasteiger partial charge >= 0.3 is 5.97 Å². The molecule has 0 unspecified atom stereocenters. The number of hydrogen-bond donors (Lipinski definition) is 0. The molecule has 0 radical (unpaired) electrons. The van der Waals surface area contributed by atoms with Gasteiger partial charge in [-0.25, -0.2) is 9.78 Å². The van der Waals surface area contributed by atoms with Crippen molar-refractivity contribution in [3.05, 3.63) is 59.3 Å². The number of hydrogen-bond acceptors (Lipinski definition) is 5. The third kappa shape index (κ3) is 3.70. The van der Waals surface area contributed by atoms with Crippen LogP contribution < -0.4 is 9.88 Å². The quantitative estimate of drug-likeness (QED) is 0.798. The van der Waals surface area contributed by atoms with Crippen LogP contribution in [0.1, 0.15) is 21.5 Å². The first kappa shape index (κ1) is 16.0. The molecule has 0 atom stereocenters. The second kappa shape index (κ2) is 7.57. The first-order valence-corrected chi connectivity index (χ1v) is 7.77. The van der Waals surface area contributed by atoms with Crippen molar-refractivity contribution >= 4 is 11.8 Å². The van der Waals surface area contributed by atoms with E-state index in [1.54, 1.807) is 42.6 Å². The normalized spacial score (nSPS) is 14.0. The van der Waals surface area contributed by atoms with Crippen molar-refractivity contribution in [2.75, 3.05) is 31.2 Å². The molecule has 1 fully saturated rings. The van der Waals surface area contributed by atoms with E-state index in [2.05, 4.69) is 16.0 Å². The molecule has 1 aliphatic rings. The Morgan fingerprint density at radius 2 is 2.00 bits per heavy atom. The molecular weight excluding hydrogens is 306 g/mol. The Hall–Kier alpha value is -2.91. The van der Waals surface area contributed by atoms with Crippen LogP contribution in [0.4, 0.5) is 5.82 Å². The minimum absolute atomic E-state index is 0.169. The van der Waals surface area contributed by atoms with Gasteiger partial charge in [0.05, 0.1) is 31.0 Å². The summed E-state index contributed by atoms with van der Waals surface area (Å²) in [6.07, 6.45) is 1.79. The maximum Gasteiger partial charge on any atom is 0.346 e. The first-order chi connectivity index (χ1) is 11.8. The highest BCUT2D eigenvalue weighted by atomic mass is 16.5. The third-order valence-electron chi connectivity index (χ3n) is 3.83. The van der Waals surface area contributed by atoms with Crippen LogP contribution in [0.5, 0.6) is 0 Å². The highest BCUT2D eigenvalue weighted by Crippen LogP contribution is 2.17. The van der Waals surface area contributed by atoms with Crippen molar-refractivity contribution in [2.24, 2.45) is 0 Å². The van der Waals surface area contributed by atoms with Crippen molar-refractivity contribution in [3.8, 4) is 6.07 Å². The standard InChI is InChI=1S/C18H17N3O3/c19-12-14-3-5-15(6-4-14)13-24-18(22)16-2-1-7-20-17(16)21-8-10-23-11-9-21/h1-7H,8-11,13H2/p+1. The number of aromatic nitrogens is 1. The fourth-order valence-electron chi connectivity index (χ4n) is 2.54. The molecule has 0 bridgehead atoms. The van der Waals surface area contributed by atoms with E-state index in [4.69, 9.17) is 14.7 Å². The van der Waals surface area contributed by atoms with Crippen LogP contribution in [0.15, 0.2) is 42.6 Å². The van der Waals surface area contributed by atoms with Crippen LogP contribution in [-0.4, -0.2) is 32.3 Å². The highest BCUT2D eigenvalue weighted by molar-refractivity contribution is 5.94. The second-order valence-corrected chi connectivity index (χ2v) is 5.42. The van der Waals surface area contributed by atoms with Gasteiger partial charge in [0.15, 0.2) is 0 Å². The van der Waals surface area contributed by atoms with Gasteiger partial charge in [-0.1, -0.05) is 12.1 Å². The molecular formula is C18H18N3O3+. The van der Waals surface area contributed by atoms with Gasteiger partial charge in [-0.15, -0.1) is 0 Å². The van der Waals surface area contributed by atoms with Crippen LogP contribution in [0, 0.1) is 11.3 Å². The molecule has 1 aromatic heterocycles. The van der Waals surface area contributed by atoms with Gasteiger partial charge in [0, 0.05) is 0 Å². The van der Waals surface area contributed by atoms with E-state index in [0.717, 1.165) is 24.5 Å². The van der Waals surface area contributed by atoms with Gasteiger partial charge in [0.25, 0.3) is 5.82 Å². The van der Waals surface area contributed by atoms with Crippen molar-refractivity contribution in [1.29, 1.82) is 5.26 Å². The number of ether oxygens (including phenoxy) is 2. The molecule has 1 saturated heterocycles. The Morgan fingerprint density at radius 1 is 1.25 bits per heavy atom. The number of nitrogens with zero attached hydrogens (tertiary/aromatic N) is 2. The lowest BCUT2D eigenvalue weighted by molar-refractivity contribution is -0.364. The summed E-state index contributed by atoms with van der Waals surface area (Å²) in [4.78, 5) is 17.7. The van der Waals surface area contributed by atoms with Crippen molar-refractivity contribution in [1.82, 2.24) is 0 Å². The van der Waals surface area contributed by atoms with Crippen molar-refractivity contribution < 1.29 is 19.3 Å². The zero-order chi connectivity index (χ0) is 16.8. The minimum Gasteiger partial charge on any atom is -0.457 e. The molecule has 0 saturated carbocycles. The predicted octanol–water partition coefficient (Wildman–Crippen LogP) is 1.57. The lowest BCUT2D eigenvalue weighted by atomic mass is 10.1. The number of esters is 1. The van der Waals surface area contributed by atoms with Gasteiger partial charge in [0.2, 0.25) is 0 Å². The summed E-state index contributed by atoms with van der Waals surface area (Å²) in [6, 6.07) is 12.6. The Balaban J connectivity index is 1.69. The molecule has 3 rings (SSSR count). The Bertz CT molecular complexity index is 747. The number of carbonyl (C=O) groups excluding carboxylic acids is 1. The topological polar surface area (TPSA) is 76.7 Å². The summed E-state index contributed by atoms with van der Waals surface area (Å²) in [7, 11) is 0. The van der Waals surface area contributed by atoms with Crippen LogP contribution in [0.3, 0.4) is 0 Å². The van der Waals surface area contributed by atoms with Crippen LogP contribution in [-0.2, 0) is 16.1 Å². The van der Waals surface area contributed by atoms with E-state index < -0.39 is 0 Å². The molecule has 122 valence electrons. The van der Waals surface area contributed by atoms with Gasteiger partial charge in [-0.2, -0.15) is 5.26 Å². The van der Waals surface area contributed by atoms with E-state index in [0.29, 0.717) is 24.3 Å². The number of carbonyl (C=O) groups is 1. The van der Waals surface area contributed by atoms with Crippen LogP contribution >= 0.6 is 0 Å². The summed E-state index contributed by atoms with van der Waals surface area (Å²) in [5, 5.41) is 8.80. The summed E-state index contributed by atoms with van der Waals surface area (Å²) >= 11 is 0. The molecule has 2 aromatic rings. The largest absolute Gasteiger partial charge is 0.457 e. The van der Waals surface area contributed by atoms with E-state index in [1.807, 2.05) is 0 Å². The zero-order valence-corrected chi connectivity index (χ0v) is 13.2. The second-order valence-electron chi connectivity index (χ2n) is 5.42. The number of nitrogens with one attached hydrogen (secondary N) is 1. The maximum atomic E-state index is 12.5. The molecule has 1 N–H and O–H groups in total. The Morgan fingerprint density at radius 3 is 2.71 bits per heavy atom. The molecule has 0 aliphatic carbocycles. The smallest absolute Gasteiger partial charge is 0.346 e. The first-order valence-electron chi connectivity index (χ1n) is 7.77. The number of rotatable bonds is 4. The summed E-state index contributed by atoms with van der Waals surface area (Å²) in [5.74, 6) is 0.378. The fourth-order valence-corrected chi connectivity index (χ4v) is 2.54. The minimum atomic E-state index is -0.377. The molecule has 1 aromatic carbocycles. The maximum absolute atomic E-state index is 12.5. The number of nitriles is 1. The number of pyridine rings is 1. The number of H-pyrrole nitrogens is 1. The summed E-state index contributed by atoms with van der Waals surface area (Å²) in [6.45, 7) is 2.92. The van der Waals surface area contributed by atoms with Crippen LogP contribution in [0.25, 0.3) is 0 Å². The number of benzene rings is 1. The SMILES string of the molecule is N#Cc1ccc(COC(=O)c2ccc[nH+]c2N2CCOCC2)cc1. The van der Waals surface area contributed by atoms with E-state index in [9.17, 15) is 4.79 Å². The Labute approximate surface area is 140 Å². The lowest BCUT2D eigenvalue weighted by Crippen LogP contribution is -2.40. The van der Waals surface area contributed by atoms with Gasteiger partial charge in [0.1, 0.15) is 25.3 Å². The molecule has 24 heavy (non-hydrogen) atoms. The third-order valence-corrected chi connectivity index (χ3v) is 3.83. The lowest BCUT2D eigenvalue weighted by Gasteiger charge is -2.22. The average Bonchev–Trinajstić information content (AvgIpc) is 2.67. The van der Waals surface area contributed by atoms with E-state index in [1.165, 1.54) is 0 Å². The molecule has 2 heterocycles. The molecule has 6 nitrogen and oxygen atoms in total. The molecule has 6 heteroatoms. The number of aromatic amines is 1. The summed E-state index contributed by atoms with van der Waals surface area (Å²) < 4.78 is 10.8. The van der Waals surface area contributed by atoms with Crippen molar-refractivity contribution in [2.45, 2.75) is 6.61 Å². The Kier molecular flexibility index (Phi) is 5.04. The van der Waals surface area contributed by atoms with Gasteiger partial charge in [-0.05, 0) is 29.8 Å². The van der Waals surface area contributed by atoms with Gasteiger partial charge < -0.3 is 9.47 Å². The molecule has 1 aliphatic heterocycles. The predicted molar refractivity (Wildman–Crippen MR) is 86.3 cm³/mol. The highest BCUT2D eigenvalue weighted by Gasteiger charge is 2.26. The van der Waals surface area contributed by atoms with E-state index in [-0.39, 0.29) is 12.6 Å². The van der Waals surface area contributed by atoms with Crippen LogP contribution in [0.2, 0.25) is 0 Å². The zero-order valence-electron chi connectivity index (χ0n) is 13.2. The molecule has 0 amide bonds. The number of morpholine rings is 1. The van der Waals surface area contributed by atoms with Crippen molar-refractivity contribution in [3.63, 3.8) is 0 Å². The van der Waals surface area contributed by atoms with Gasteiger partial charge in [-0.3, -0.25) is 4.90 Å². The van der Waals surface area contributed by atoms with E-state index >= 15 is 0 Å². The monoisotopic (exact) mass is 324 g/mol.